The van der Waals surface area contributed by atoms with Gasteiger partial charge in [-0.15, -0.1) is 0 Å². The van der Waals surface area contributed by atoms with Gasteiger partial charge in [0.15, 0.2) is 5.76 Å². The molecule has 4 heteroatoms. The van der Waals surface area contributed by atoms with Crippen LogP contribution in [-0.4, -0.2) is 18.1 Å². The number of benzene rings is 3. The van der Waals surface area contributed by atoms with Crippen molar-refractivity contribution in [1.29, 1.82) is 0 Å². The van der Waals surface area contributed by atoms with Crippen LogP contribution in [0.4, 0.5) is 5.69 Å². The third kappa shape index (κ3) is 3.38. The lowest BCUT2D eigenvalue weighted by Crippen LogP contribution is -2.30. The number of anilines is 1. The van der Waals surface area contributed by atoms with Crippen LogP contribution in [0.5, 0.6) is 5.75 Å². The van der Waals surface area contributed by atoms with E-state index in [0.717, 1.165) is 17.5 Å². The minimum absolute atomic E-state index is 0.211. The summed E-state index contributed by atoms with van der Waals surface area (Å²) in [5, 5.41) is 10.8. The third-order valence-electron chi connectivity index (χ3n) is 5.35. The SMILES string of the molecule is CCc1ccc(C2C(c3ccccc3)=C(O)C(=O)N2c2ccc(OC)cc2)cc1. The number of rotatable bonds is 5. The molecule has 1 atom stereocenters. The van der Waals surface area contributed by atoms with Gasteiger partial charge in [-0.3, -0.25) is 9.69 Å². The standard InChI is InChI=1S/C25H23NO3/c1-3-17-9-11-19(12-10-17)23-22(18-7-5-4-6-8-18)24(27)25(28)26(23)20-13-15-21(29-2)16-14-20/h4-16,23,27H,3H2,1-2H3. The van der Waals surface area contributed by atoms with E-state index in [9.17, 15) is 9.90 Å². The quantitative estimate of drug-likeness (QED) is 0.647. The average Bonchev–Trinajstić information content (AvgIpc) is 3.05. The van der Waals surface area contributed by atoms with Gasteiger partial charge in [0.1, 0.15) is 5.75 Å². The molecule has 1 N–H and O–H groups in total. The maximum absolute atomic E-state index is 13.1. The summed E-state index contributed by atoms with van der Waals surface area (Å²) >= 11 is 0. The number of amides is 1. The predicted molar refractivity (Wildman–Crippen MR) is 115 cm³/mol. The molecule has 0 radical (unpaired) electrons. The van der Waals surface area contributed by atoms with Crippen LogP contribution in [0.1, 0.15) is 29.7 Å². The van der Waals surface area contributed by atoms with Crippen molar-refractivity contribution < 1.29 is 14.6 Å². The van der Waals surface area contributed by atoms with Gasteiger partial charge in [0.25, 0.3) is 5.91 Å². The molecule has 0 fully saturated rings. The van der Waals surface area contributed by atoms with Gasteiger partial charge in [-0.1, -0.05) is 61.5 Å². The molecule has 1 amide bonds. The van der Waals surface area contributed by atoms with Crippen LogP contribution >= 0.6 is 0 Å². The highest BCUT2D eigenvalue weighted by Gasteiger charge is 2.41. The second-order valence-corrected chi connectivity index (χ2v) is 7.00. The number of ether oxygens (including phenoxy) is 1. The molecule has 0 bridgehead atoms. The Labute approximate surface area is 170 Å². The highest BCUT2D eigenvalue weighted by Crippen LogP contribution is 2.45. The van der Waals surface area contributed by atoms with Gasteiger partial charge >= 0.3 is 0 Å². The second-order valence-electron chi connectivity index (χ2n) is 7.00. The number of methoxy groups -OCH3 is 1. The molecule has 1 aliphatic heterocycles. The summed E-state index contributed by atoms with van der Waals surface area (Å²) in [4.78, 5) is 14.8. The lowest BCUT2D eigenvalue weighted by molar-refractivity contribution is -0.117. The minimum Gasteiger partial charge on any atom is -0.503 e. The molecule has 0 aliphatic carbocycles. The molecule has 1 unspecified atom stereocenters. The smallest absolute Gasteiger partial charge is 0.294 e. The first-order valence-corrected chi connectivity index (χ1v) is 9.69. The van der Waals surface area contributed by atoms with E-state index in [2.05, 4.69) is 19.1 Å². The van der Waals surface area contributed by atoms with E-state index in [4.69, 9.17) is 4.74 Å². The van der Waals surface area contributed by atoms with Gasteiger partial charge in [-0.25, -0.2) is 0 Å². The van der Waals surface area contributed by atoms with Gasteiger partial charge in [0.05, 0.1) is 13.2 Å². The van der Waals surface area contributed by atoms with Crippen molar-refractivity contribution >= 4 is 17.2 Å². The topological polar surface area (TPSA) is 49.8 Å². The maximum atomic E-state index is 13.1. The van der Waals surface area contributed by atoms with Crippen molar-refractivity contribution in [3.05, 3.63) is 101 Å². The molecular weight excluding hydrogens is 362 g/mol. The fourth-order valence-corrected chi connectivity index (χ4v) is 3.78. The zero-order valence-electron chi connectivity index (χ0n) is 16.5. The summed E-state index contributed by atoms with van der Waals surface area (Å²) < 4.78 is 5.24. The minimum atomic E-state index is -0.413. The summed E-state index contributed by atoms with van der Waals surface area (Å²) in [6.45, 7) is 2.11. The van der Waals surface area contributed by atoms with Crippen LogP contribution in [0.2, 0.25) is 0 Å². The first-order chi connectivity index (χ1) is 14.1. The second kappa shape index (κ2) is 7.84. The van der Waals surface area contributed by atoms with Crippen molar-refractivity contribution in [2.24, 2.45) is 0 Å². The third-order valence-corrected chi connectivity index (χ3v) is 5.35. The van der Waals surface area contributed by atoms with Gasteiger partial charge < -0.3 is 9.84 Å². The molecule has 0 aromatic heterocycles. The van der Waals surface area contributed by atoms with Crippen LogP contribution in [0, 0.1) is 0 Å². The summed E-state index contributed by atoms with van der Waals surface area (Å²) in [7, 11) is 1.61. The fourth-order valence-electron chi connectivity index (χ4n) is 3.78. The zero-order valence-corrected chi connectivity index (χ0v) is 16.5. The van der Waals surface area contributed by atoms with Gasteiger partial charge in [0.2, 0.25) is 0 Å². The van der Waals surface area contributed by atoms with Gasteiger partial charge in [-0.05, 0) is 47.4 Å². The summed E-state index contributed by atoms with van der Waals surface area (Å²) in [5.74, 6) is 0.0971. The lowest BCUT2D eigenvalue weighted by Gasteiger charge is -2.27. The number of aryl methyl sites for hydroxylation is 1. The van der Waals surface area contributed by atoms with E-state index in [0.29, 0.717) is 17.0 Å². The number of aliphatic hydroxyl groups is 1. The van der Waals surface area contributed by atoms with Crippen LogP contribution in [0.3, 0.4) is 0 Å². The van der Waals surface area contributed by atoms with E-state index in [-0.39, 0.29) is 5.76 Å². The lowest BCUT2D eigenvalue weighted by atomic mass is 9.92. The van der Waals surface area contributed by atoms with E-state index >= 15 is 0 Å². The van der Waals surface area contributed by atoms with Crippen LogP contribution < -0.4 is 9.64 Å². The predicted octanol–water partition coefficient (Wildman–Crippen LogP) is 5.31. The van der Waals surface area contributed by atoms with Crippen LogP contribution in [0.25, 0.3) is 5.57 Å². The monoisotopic (exact) mass is 385 g/mol. The Balaban J connectivity index is 1.86. The Morgan fingerprint density at radius 3 is 2.17 bits per heavy atom. The summed E-state index contributed by atoms with van der Waals surface area (Å²) in [6.07, 6.45) is 0.943. The van der Waals surface area contributed by atoms with Crippen molar-refractivity contribution in [3.63, 3.8) is 0 Å². The van der Waals surface area contributed by atoms with Crippen LogP contribution in [-0.2, 0) is 11.2 Å². The Hall–Kier alpha value is -3.53. The molecular formula is C25H23NO3. The molecule has 0 saturated carbocycles. The largest absolute Gasteiger partial charge is 0.503 e. The molecule has 3 aromatic rings. The Morgan fingerprint density at radius 2 is 1.59 bits per heavy atom. The molecule has 0 saturated heterocycles. The van der Waals surface area contributed by atoms with E-state index in [1.54, 1.807) is 12.0 Å². The zero-order chi connectivity index (χ0) is 20.4. The van der Waals surface area contributed by atoms with Crippen molar-refractivity contribution in [2.75, 3.05) is 12.0 Å². The number of hydrogen-bond donors (Lipinski definition) is 1. The highest BCUT2D eigenvalue weighted by atomic mass is 16.5. The molecule has 29 heavy (non-hydrogen) atoms. The van der Waals surface area contributed by atoms with Gasteiger partial charge in [-0.2, -0.15) is 0 Å². The molecule has 0 spiro atoms. The fraction of sp³-hybridized carbons (Fsp3) is 0.160. The Bertz CT molecular complexity index is 1040. The number of carbonyl (C=O) groups excluding carboxylic acids is 1. The van der Waals surface area contributed by atoms with Crippen LogP contribution in [0.15, 0.2) is 84.6 Å². The van der Waals surface area contributed by atoms with E-state index < -0.39 is 11.9 Å². The normalized spacial score (nSPS) is 16.4. The number of hydrogen-bond acceptors (Lipinski definition) is 3. The summed E-state index contributed by atoms with van der Waals surface area (Å²) in [5.41, 5.74) is 4.34. The average molecular weight is 385 g/mol. The molecule has 1 heterocycles. The van der Waals surface area contributed by atoms with E-state index in [1.807, 2.05) is 66.7 Å². The maximum Gasteiger partial charge on any atom is 0.294 e. The van der Waals surface area contributed by atoms with Crippen molar-refractivity contribution in [3.8, 4) is 5.75 Å². The Morgan fingerprint density at radius 1 is 0.931 bits per heavy atom. The number of aliphatic hydroxyl groups excluding tert-OH is 1. The molecule has 4 rings (SSSR count). The molecule has 146 valence electrons. The first-order valence-electron chi connectivity index (χ1n) is 9.69. The van der Waals surface area contributed by atoms with Crippen molar-refractivity contribution in [1.82, 2.24) is 0 Å². The highest BCUT2D eigenvalue weighted by molar-refractivity contribution is 6.16. The molecule has 1 aliphatic rings. The number of carbonyl (C=O) groups is 1. The number of nitrogens with zero attached hydrogens (tertiary/aromatic N) is 1. The van der Waals surface area contributed by atoms with Crippen molar-refractivity contribution in [2.45, 2.75) is 19.4 Å². The molecule has 4 nitrogen and oxygen atoms in total. The van der Waals surface area contributed by atoms with E-state index in [1.165, 1.54) is 5.56 Å². The Kier molecular flexibility index (Phi) is 5.09. The summed E-state index contributed by atoms with van der Waals surface area (Å²) in [6, 6.07) is 24.7. The molecule has 3 aromatic carbocycles. The van der Waals surface area contributed by atoms with Gasteiger partial charge in [0, 0.05) is 11.3 Å². The first kappa shape index (κ1) is 18.8.